The molecule has 0 heterocycles. The van der Waals surface area contributed by atoms with Gasteiger partial charge in [-0.2, -0.15) is 0 Å². The van der Waals surface area contributed by atoms with Gasteiger partial charge in [0.2, 0.25) is 0 Å². The lowest BCUT2D eigenvalue weighted by Crippen LogP contribution is -2.28. The van der Waals surface area contributed by atoms with Crippen molar-refractivity contribution in [3.63, 3.8) is 0 Å². The van der Waals surface area contributed by atoms with Crippen LogP contribution in [0.15, 0.2) is 0 Å². The quantitative estimate of drug-likeness (QED) is 0.678. The molecular formula is C5H9Cl3O. The molecule has 0 aliphatic heterocycles. The van der Waals surface area contributed by atoms with E-state index in [4.69, 9.17) is 39.9 Å². The lowest BCUT2D eigenvalue weighted by Gasteiger charge is -2.20. The molecule has 0 amide bonds. The molecule has 0 aromatic rings. The summed E-state index contributed by atoms with van der Waals surface area (Å²) in [5, 5.41) is 7.92. The maximum Gasteiger partial charge on any atom is 0.136 e. The van der Waals surface area contributed by atoms with Gasteiger partial charge in [-0.3, -0.25) is 0 Å². The van der Waals surface area contributed by atoms with Crippen LogP contribution < -0.4 is 0 Å². The zero-order valence-electron chi connectivity index (χ0n) is 5.07. The third-order valence-electron chi connectivity index (χ3n) is 1.09. The van der Waals surface area contributed by atoms with Gasteiger partial charge < -0.3 is 5.11 Å². The SMILES string of the molecule is CCC(Cl)(Cl)C(Cl)CO. The minimum Gasteiger partial charge on any atom is -0.395 e. The van der Waals surface area contributed by atoms with Gasteiger partial charge in [0.05, 0.1) is 12.0 Å². The average Bonchev–Trinajstić information content (AvgIpc) is 1.86. The Bertz CT molecular complexity index is 84.3. The highest BCUT2D eigenvalue weighted by Crippen LogP contribution is 2.32. The lowest BCUT2D eigenvalue weighted by atomic mass is 10.2. The first-order chi connectivity index (χ1) is 4.04. The number of alkyl halides is 3. The van der Waals surface area contributed by atoms with E-state index in [1.807, 2.05) is 6.92 Å². The molecule has 1 N–H and O–H groups in total. The lowest BCUT2D eigenvalue weighted by molar-refractivity contribution is 0.284. The molecule has 4 heteroatoms. The van der Waals surface area contributed by atoms with Gasteiger partial charge in [0.1, 0.15) is 4.33 Å². The molecule has 0 aromatic heterocycles. The van der Waals surface area contributed by atoms with Crippen molar-refractivity contribution in [2.24, 2.45) is 0 Å². The summed E-state index contributed by atoms with van der Waals surface area (Å²) in [5.41, 5.74) is 0. The van der Waals surface area contributed by atoms with Crippen LogP contribution in [0.4, 0.5) is 0 Å². The van der Waals surface area contributed by atoms with Crippen LogP contribution in [-0.2, 0) is 0 Å². The van der Waals surface area contributed by atoms with Crippen LogP contribution in [0, 0.1) is 0 Å². The van der Waals surface area contributed by atoms with Crippen LogP contribution >= 0.6 is 34.8 Å². The smallest absolute Gasteiger partial charge is 0.136 e. The molecule has 0 fully saturated rings. The summed E-state index contributed by atoms with van der Waals surface area (Å²) in [7, 11) is 0. The standard InChI is InChI=1S/C5H9Cl3O/c1-2-5(7,8)4(6)3-9/h4,9H,2-3H2,1H3. The second-order valence-electron chi connectivity index (χ2n) is 1.76. The van der Waals surface area contributed by atoms with E-state index in [1.54, 1.807) is 0 Å². The van der Waals surface area contributed by atoms with Gasteiger partial charge in [-0.1, -0.05) is 30.1 Å². The predicted molar refractivity (Wildman–Crippen MR) is 41.5 cm³/mol. The van der Waals surface area contributed by atoms with Gasteiger partial charge in [0.25, 0.3) is 0 Å². The third-order valence-corrected chi connectivity index (χ3v) is 2.89. The molecule has 0 saturated carbocycles. The number of rotatable bonds is 3. The molecular weight excluding hydrogens is 182 g/mol. The Morgan fingerprint density at radius 1 is 1.56 bits per heavy atom. The third kappa shape index (κ3) is 2.94. The van der Waals surface area contributed by atoms with Crippen LogP contribution in [0.2, 0.25) is 0 Å². The fourth-order valence-corrected chi connectivity index (χ4v) is 0.647. The monoisotopic (exact) mass is 190 g/mol. The minimum atomic E-state index is -0.990. The molecule has 1 atom stereocenters. The summed E-state index contributed by atoms with van der Waals surface area (Å²) < 4.78 is -0.990. The van der Waals surface area contributed by atoms with Crippen LogP contribution in [0.1, 0.15) is 13.3 Å². The second kappa shape index (κ2) is 3.87. The van der Waals surface area contributed by atoms with Crippen molar-refractivity contribution in [2.75, 3.05) is 6.61 Å². The fraction of sp³-hybridized carbons (Fsp3) is 1.00. The average molecular weight is 191 g/mol. The van der Waals surface area contributed by atoms with E-state index in [0.717, 1.165) is 0 Å². The maximum absolute atomic E-state index is 8.50. The Morgan fingerprint density at radius 3 is 2.11 bits per heavy atom. The first-order valence-electron chi connectivity index (χ1n) is 2.67. The molecule has 0 radical (unpaired) electrons. The molecule has 0 spiro atoms. The first-order valence-corrected chi connectivity index (χ1v) is 3.86. The van der Waals surface area contributed by atoms with Gasteiger partial charge in [-0.05, 0) is 6.42 Å². The molecule has 0 aliphatic rings. The molecule has 9 heavy (non-hydrogen) atoms. The predicted octanol–water partition coefficient (Wildman–Crippen LogP) is 2.17. The Labute approximate surface area is 69.9 Å². The summed E-state index contributed by atoms with van der Waals surface area (Å²) in [6, 6.07) is 0. The van der Waals surface area contributed by atoms with Crippen molar-refractivity contribution in [1.82, 2.24) is 0 Å². The van der Waals surface area contributed by atoms with Gasteiger partial charge in [-0.15, -0.1) is 11.6 Å². The van der Waals surface area contributed by atoms with Crippen molar-refractivity contribution in [3.05, 3.63) is 0 Å². The van der Waals surface area contributed by atoms with Crippen LogP contribution in [0.5, 0.6) is 0 Å². The van der Waals surface area contributed by atoms with Crippen molar-refractivity contribution in [1.29, 1.82) is 0 Å². The van der Waals surface area contributed by atoms with Crippen LogP contribution in [0.3, 0.4) is 0 Å². The molecule has 0 saturated heterocycles. The van der Waals surface area contributed by atoms with E-state index in [0.29, 0.717) is 6.42 Å². The first kappa shape index (κ1) is 9.83. The van der Waals surface area contributed by atoms with E-state index in [9.17, 15) is 0 Å². The normalized spacial score (nSPS) is 15.7. The van der Waals surface area contributed by atoms with E-state index in [-0.39, 0.29) is 6.61 Å². The van der Waals surface area contributed by atoms with Crippen molar-refractivity contribution in [3.8, 4) is 0 Å². The number of hydrogen-bond donors (Lipinski definition) is 1. The van der Waals surface area contributed by atoms with E-state index in [1.165, 1.54) is 0 Å². The van der Waals surface area contributed by atoms with Crippen molar-refractivity contribution < 1.29 is 5.11 Å². The number of hydrogen-bond acceptors (Lipinski definition) is 1. The molecule has 0 aromatic carbocycles. The highest BCUT2D eigenvalue weighted by Gasteiger charge is 2.30. The van der Waals surface area contributed by atoms with Gasteiger partial charge >= 0.3 is 0 Å². The minimum absolute atomic E-state index is 0.192. The number of aliphatic hydroxyl groups excluding tert-OH is 1. The topological polar surface area (TPSA) is 20.2 Å². The number of aliphatic hydroxyl groups is 1. The molecule has 0 bridgehead atoms. The summed E-state index contributed by atoms with van der Waals surface area (Å²) in [5.74, 6) is 0. The molecule has 1 unspecified atom stereocenters. The van der Waals surface area contributed by atoms with E-state index < -0.39 is 9.71 Å². The van der Waals surface area contributed by atoms with Gasteiger partial charge in [-0.25, -0.2) is 0 Å². The van der Waals surface area contributed by atoms with Gasteiger partial charge in [0, 0.05) is 0 Å². The zero-order chi connectivity index (χ0) is 7.49. The Kier molecular flexibility index (Phi) is 4.22. The largest absolute Gasteiger partial charge is 0.395 e. The Hall–Kier alpha value is 0.830. The van der Waals surface area contributed by atoms with E-state index >= 15 is 0 Å². The van der Waals surface area contributed by atoms with Crippen LogP contribution in [0.25, 0.3) is 0 Å². The maximum atomic E-state index is 8.50. The second-order valence-corrected chi connectivity index (χ2v) is 3.83. The van der Waals surface area contributed by atoms with Gasteiger partial charge in [0.15, 0.2) is 0 Å². The molecule has 1 nitrogen and oxygen atoms in total. The highest BCUT2D eigenvalue weighted by atomic mass is 35.5. The summed E-state index contributed by atoms with van der Waals surface area (Å²) in [6.45, 7) is 1.62. The van der Waals surface area contributed by atoms with E-state index in [2.05, 4.69) is 0 Å². The summed E-state index contributed by atoms with van der Waals surface area (Å²) in [4.78, 5) is 0. The fourth-order valence-electron chi connectivity index (χ4n) is 0.355. The summed E-state index contributed by atoms with van der Waals surface area (Å²) in [6.07, 6.45) is 0.533. The Balaban J connectivity index is 3.80. The molecule has 56 valence electrons. The molecule has 0 aliphatic carbocycles. The number of halogens is 3. The Morgan fingerprint density at radius 2 is 2.00 bits per heavy atom. The molecule has 0 rings (SSSR count). The highest BCUT2D eigenvalue weighted by molar-refractivity contribution is 6.52. The summed E-state index contributed by atoms with van der Waals surface area (Å²) >= 11 is 16.8. The zero-order valence-corrected chi connectivity index (χ0v) is 7.34. The van der Waals surface area contributed by atoms with Crippen molar-refractivity contribution >= 4 is 34.8 Å². The van der Waals surface area contributed by atoms with Crippen LogP contribution in [-0.4, -0.2) is 21.4 Å². The van der Waals surface area contributed by atoms with Crippen molar-refractivity contribution in [2.45, 2.75) is 23.1 Å².